The molecule has 5 rings (SSSR count). The quantitative estimate of drug-likeness (QED) is 0.679. The summed E-state index contributed by atoms with van der Waals surface area (Å²) in [6, 6.07) is 13.9. The Kier molecular flexibility index (Phi) is 5.08. The van der Waals surface area contributed by atoms with Crippen LogP contribution < -0.4 is 9.47 Å². The molecule has 0 radical (unpaired) electrons. The van der Waals surface area contributed by atoms with E-state index in [-0.39, 0.29) is 18.5 Å². The van der Waals surface area contributed by atoms with Crippen molar-refractivity contribution in [2.75, 3.05) is 25.6 Å². The van der Waals surface area contributed by atoms with E-state index in [1.807, 2.05) is 28.8 Å². The van der Waals surface area contributed by atoms with Gasteiger partial charge in [0.2, 0.25) is 6.79 Å². The molecular formula is C22H20FN3O3S. The van der Waals surface area contributed by atoms with Gasteiger partial charge in [0.05, 0.1) is 5.69 Å². The van der Waals surface area contributed by atoms with Gasteiger partial charge in [-0.05, 0) is 54.4 Å². The van der Waals surface area contributed by atoms with Crippen LogP contribution in [0, 0.1) is 5.82 Å². The summed E-state index contributed by atoms with van der Waals surface area (Å²) in [6.45, 7) is 1.61. The van der Waals surface area contributed by atoms with Crippen LogP contribution in [-0.4, -0.2) is 46.6 Å². The number of hydrogen-bond donors (Lipinski definition) is 1. The molecule has 2 aromatic carbocycles. The topological polar surface area (TPSA) is 67.5 Å². The van der Waals surface area contributed by atoms with Crippen LogP contribution in [0.5, 0.6) is 11.5 Å². The first-order valence-electron chi connectivity index (χ1n) is 9.79. The number of carbonyl (C=O) groups excluding carboxylic acids is 1. The number of halogens is 1. The zero-order chi connectivity index (χ0) is 20.5. The fourth-order valence-corrected chi connectivity index (χ4v) is 4.94. The highest BCUT2D eigenvalue weighted by Crippen LogP contribution is 2.40. The highest BCUT2D eigenvalue weighted by molar-refractivity contribution is 7.99. The number of aromatic amines is 1. The molecule has 3 heterocycles. The van der Waals surface area contributed by atoms with Crippen molar-refractivity contribution in [2.45, 2.75) is 11.7 Å². The van der Waals surface area contributed by atoms with E-state index < -0.39 is 0 Å². The number of nitrogens with zero attached hydrogens (tertiary/aromatic N) is 2. The summed E-state index contributed by atoms with van der Waals surface area (Å²) in [6.07, 6.45) is 0.856. The van der Waals surface area contributed by atoms with Crippen LogP contribution in [0.3, 0.4) is 0 Å². The maximum atomic E-state index is 13.1. The molecule has 1 amide bonds. The van der Waals surface area contributed by atoms with Gasteiger partial charge in [-0.2, -0.15) is 16.9 Å². The second-order valence-corrected chi connectivity index (χ2v) is 8.54. The highest BCUT2D eigenvalue weighted by Gasteiger charge is 2.25. The number of ether oxygens (including phenoxy) is 2. The zero-order valence-corrected chi connectivity index (χ0v) is 17.0. The smallest absolute Gasteiger partial charge is 0.271 e. The van der Waals surface area contributed by atoms with Crippen molar-refractivity contribution in [1.82, 2.24) is 15.1 Å². The minimum Gasteiger partial charge on any atom is -0.454 e. The number of benzene rings is 2. The van der Waals surface area contributed by atoms with E-state index in [0.717, 1.165) is 29.2 Å². The third kappa shape index (κ3) is 3.75. The average molecular weight is 425 g/mol. The maximum absolute atomic E-state index is 13.1. The molecule has 3 aromatic rings. The average Bonchev–Trinajstić information content (AvgIpc) is 3.37. The Bertz CT molecular complexity index is 1070. The van der Waals surface area contributed by atoms with E-state index in [1.165, 1.54) is 17.7 Å². The molecule has 30 heavy (non-hydrogen) atoms. The molecule has 1 atom stereocenters. The van der Waals surface area contributed by atoms with Crippen LogP contribution in [0.2, 0.25) is 0 Å². The number of fused-ring (bicyclic) bond motifs is 1. The van der Waals surface area contributed by atoms with Crippen molar-refractivity contribution in [3.63, 3.8) is 0 Å². The van der Waals surface area contributed by atoms with E-state index in [2.05, 4.69) is 16.3 Å². The zero-order valence-electron chi connectivity index (χ0n) is 16.1. The van der Waals surface area contributed by atoms with Gasteiger partial charge in [0.25, 0.3) is 5.91 Å². The Hall–Kier alpha value is -3.00. The second kappa shape index (κ2) is 8.02. The monoisotopic (exact) mass is 425 g/mol. The van der Waals surface area contributed by atoms with E-state index in [4.69, 9.17) is 9.47 Å². The number of nitrogens with one attached hydrogen (secondary N) is 1. The Labute approximate surface area is 177 Å². The molecule has 1 N–H and O–H groups in total. The predicted molar refractivity (Wildman–Crippen MR) is 112 cm³/mol. The Balaban J connectivity index is 1.27. The molecule has 0 bridgehead atoms. The predicted octanol–water partition coefficient (Wildman–Crippen LogP) is 4.26. The number of carbonyl (C=O) groups is 1. The molecule has 0 saturated carbocycles. The molecule has 1 aromatic heterocycles. The Morgan fingerprint density at radius 1 is 1.10 bits per heavy atom. The lowest BCUT2D eigenvalue weighted by Gasteiger charge is -2.19. The van der Waals surface area contributed by atoms with Crippen molar-refractivity contribution < 1.29 is 18.7 Å². The number of H-pyrrole nitrogens is 1. The number of aromatic nitrogens is 2. The first-order valence-corrected chi connectivity index (χ1v) is 10.8. The second-order valence-electron chi connectivity index (χ2n) is 7.23. The molecule has 1 saturated heterocycles. The van der Waals surface area contributed by atoms with Crippen LogP contribution in [0.1, 0.15) is 27.7 Å². The third-order valence-corrected chi connectivity index (χ3v) is 6.67. The SMILES string of the molecule is O=C(c1cc(-c2ccc(F)cc2)n[nH]1)N1CCSC(c2ccc3c(c2)OCO3)CC1. The standard InChI is InChI=1S/C22H20FN3O3S/c23-16-4-1-14(2-5-16)17-12-18(25-24-17)22(27)26-8-7-21(30-10-9-26)15-3-6-19-20(11-15)29-13-28-19/h1-6,11-12,21H,7-10,13H2,(H,24,25). The number of thioether (sulfide) groups is 1. The fraction of sp³-hybridized carbons (Fsp3) is 0.273. The molecule has 2 aliphatic heterocycles. The molecule has 0 aliphatic carbocycles. The maximum Gasteiger partial charge on any atom is 0.271 e. The first-order chi connectivity index (χ1) is 14.7. The van der Waals surface area contributed by atoms with E-state index in [9.17, 15) is 9.18 Å². The van der Waals surface area contributed by atoms with Crippen LogP contribution in [0.25, 0.3) is 11.3 Å². The van der Waals surface area contributed by atoms with E-state index in [1.54, 1.807) is 18.2 Å². The van der Waals surface area contributed by atoms with Gasteiger partial charge in [-0.25, -0.2) is 4.39 Å². The summed E-state index contributed by atoms with van der Waals surface area (Å²) in [7, 11) is 0. The summed E-state index contributed by atoms with van der Waals surface area (Å²) < 4.78 is 24.0. The third-order valence-electron chi connectivity index (χ3n) is 5.35. The van der Waals surface area contributed by atoms with Crippen molar-refractivity contribution in [1.29, 1.82) is 0 Å². The summed E-state index contributed by atoms with van der Waals surface area (Å²) in [5.41, 5.74) is 3.03. The molecule has 6 nitrogen and oxygen atoms in total. The minimum absolute atomic E-state index is 0.0669. The first kappa shape index (κ1) is 19.0. The minimum atomic E-state index is -0.301. The lowest BCUT2D eigenvalue weighted by Crippen LogP contribution is -2.33. The fourth-order valence-electron chi connectivity index (χ4n) is 3.72. The molecular weight excluding hydrogens is 405 g/mol. The largest absolute Gasteiger partial charge is 0.454 e. The number of hydrogen-bond acceptors (Lipinski definition) is 5. The van der Waals surface area contributed by atoms with Crippen LogP contribution in [0.15, 0.2) is 48.5 Å². The van der Waals surface area contributed by atoms with Gasteiger partial charge in [0.1, 0.15) is 11.5 Å². The molecule has 2 aliphatic rings. The van der Waals surface area contributed by atoms with Gasteiger partial charge in [-0.3, -0.25) is 9.89 Å². The molecule has 154 valence electrons. The summed E-state index contributed by atoms with van der Waals surface area (Å²) in [4.78, 5) is 14.9. The van der Waals surface area contributed by atoms with Crippen LogP contribution in [0.4, 0.5) is 4.39 Å². The van der Waals surface area contributed by atoms with Gasteiger partial charge in [-0.15, -0.1) is 0 Å². The summed E-state index contributed by atoms with van der Waals surface area (Å²) in [5, 5.41) is 7.36. The number of rotatable bonds is 3. The van der Waals surface area contributed by atoms with Crippen LogP contribution in [-0.2, 0) is 0 Å². The Morgan fingerprint density at radius 3 is 2.80 bits per heavy atom. The van der Waals surface area contributed by atoms with Crippen molar-refractivity contribution in [3.8, 4) is 22.8 Å². The molecule has 1 fully saturated rings. The van der Waals surface area contributed by atoms with E-state index in [0.29, 0.717) is 29.7 Å². The van der Waals surface area contributed by atoms with Gasteiger partial charge in [-0.1, -0.05) is 6.07 Å². The van der Waals surface area contributed by atoms with Crippen molar-refractivity contribution >= 4 is 17.7 Å². The van der Waals surface area contributed by atoms with Gasteiger partial charge < -0.3 is 14.4 Å². The van der Waals surface area contributed by atoms with Crippen molar-refractivity contribution in [2.24, 2.45) is 0 Å². The summed E-state index contributed by atoms with van der Waals surface area (Å²) >= 11 is 1.85. The molecule has 0 spiro atoms. The van der Waals surface area contributed by atoms with Gasteiger partial charge >= 0.3 is 0 Å². The number of amides is 1. The highest BCUT2D eigenvalue weighted by atomic mass is 32.2. The van der Waals surface area contributed by atoms with Crippen molar-refractivity contribution in [3.05, 3.63) is 65.6 Å². The van der Waals surface area contributed by atoms with Crippen LogP contribution >= 0.6 is 11.8 Å². The molecule has 8 heteroatoms. The molecule has 1 unspecified atom stereocenters. The summed E-state index contributed by atoms with van der Waals surface area (Å²) in [5.74, 6) is 2.05. The van der Waals surface area contributed by atoms with Gasteiger partial charge in [0.15, 0.2) is 11.5 Å². The lowest BCUT2D eigenvalue weighted by atomic mass is 10.1. The lowest BCUT2D eigenvalue weighted by molar-refractivity contribution is 0.0760. The normalized spacial score (nSPS) is 18.3. The van der Waals surface area contributed by atoms with E-state index >= 15 is 0 Å². The van der Waals surface area contributed by atoms with Gasteiger partial charge in [0, 0.05) is 29.7 Å². The Morgan fingerprint density at radius 2 is 1.93 bits per heavy atom.